The molecule has 1 aromatic heterocycles. The fourth-order valence-corrected chi connectivity index (χ4v) is 8.11. The van der Waals surface area contributed by atoms with Crippen LogP contribution >= 0.6 is 11.8 Å². The molecule has 382 valence electrons. The van der Waals surface area contributed by atoms with Gasteiger partial charge in [-0.3, -0.25) is 43.2 Å². The molecule has 1 aliphatic rings. The summed E-state index contributed by atoms with van der Waals surface area (Å²) >= 11 is 1.40. The van der Waals surface area contributed by atoms with Gasteiger partial charge in [0.25, 0.3) is 0 Å². The highest BCUT2D eigenvalue weighted by atomic mass is 32.2. The maximum atomic E-state index is 14.5. The lowest BCUT2D eigenvalue weighted by Gasteiger charge is -2.29. The number of carboxylic acid groups (broad SMARTS) is 2. The Balaban J connectivity index is 2.14. The van der Waals surface area contributed by atoms with E-state index in [0.717, 1.165) is 0 Å². The first-order valence-corrected chi connectivity index (χ1v) is 24.2. The standard InChI is InChI=1S/C44H68N12O12S/c1-22(2)35(43(66)54-29(44(67)68)13-16-69-4)55-40(63)28(12-5-6-14-45)53-41(64)30-17-24-19-48-36-25(24)9-7-10-26(36)27(11-8-15-46)37(56-38(61)23(3)47)42(65)50-21-33(58)52-31(18-34(59)60)39(62)49-20-32(57)51-30/h7,9-10,19,22-23,27-31,35,37,48H,5-6,8,11-18,20-21,45-47H2,1-4H3,(H,49,62)(H,50,65)(H,51,57)(H,52,58)(H,53,64)(H,54,66)(H,55,63)(H,56,61)(H,59,60)(H,67,68)/t23-,27-,28-,29-,30-,31-,35-,37-/m0/s1. The number of thioether (sulfide) groups is 1. The largest absolute Gasteiger partial charge is 0.481 e. The number of aliphatic carboxylic acids is 2. The normalized spacial score (nSPS) is 20.1. The highest BCUT2D eigenvalue weighted by molar-refractivity contribution is 7.98. The number of carbonyl (C=O) groups is 10. The van der Waals surface area contributed by atoms with E-state index in [0.29, 0.717) is 47.0 Å². The Hall–Kier alpha value is -6.31. The van der Waals surface area contributed by atoms with Crippen molar-refractivity contribution >= 4 is 81.9 Å². The topological polar surface area (TPSA) is 401 Å². The van der Waals surface area contributed by atoms with Crippen molar-refractivity contribution < 1.29 is 58.2 Å². The smallest absolute Gasteiger partial charge is 0.326 e. The Morgan fingerprint density at radius 2 is 1.48 bits per heavy atom. The molecule has 0 saturated heterocycles. The minimum Gasteiger partial charge on any atom is -0.481 e. The third kappa shape index (κ3) is 17.6. The molecule has 4 bridgehead atoms. The molecule has 1 aromatic carbocycles. The monoisotopic (exact) mass is 988 g/mol. The van der Waals surface area contributed by atoms with Crippen molar-refractivity contribution in [1.82, 2.24) is 47.5 Å². The molecule has 0 radical (unpaired) electrons. The number of H-pyrrole nitrogens is 1. The van der Waals surface area contributed by atoms with Crippen LogP contribution in [0.15, 0.2) is 24.4 Å². The van der Waals surface area contributed by atoms with Gasteiger partial charge in [-0.2, -0.15) is 11.8 Å². The molecule has 0 aliphatic carbocycles. The van der Waals surface area contributed by atoms with E-state index < -0.39 is 133 Å². The maximum Gasteiger partial charge on any atom is 0.326 e. The Morgan fingerprint density at radius 3 is 2.09 bits per heavy atom. The molecule has 69 heavy (non-hydrogen) atoms. The van der Waals surface area contributed by atoms with Crippen LogP contribution in [0.5, 0.6) is 0 Å². The van der Waals surface area contributed by atoms with Gasteiger partial charge in [0.05, 0.1) is 25.6 Å². The summed E-state index contributed by atoms with van der Waals surface area (Å²) in [4.78, 5) is 136. The Morgan fingerprint density at radius 1 is 0.812 bits per heavy atom. The lowest BCUT2D eigenvalue weighted by atomic mass is 9.85. The lowest BCUT2D eigenvalue weighted by molar-refractivity contribution is -0.142. The Kier molecular flexibility index (Phi) is 23.3. The number of nitrogens with one attached hydrogen (secondary N) is 9. The minimum absolute atomic E-state index is 0.0366. The van der Waals surface area contributed by atoms with E-state index in [-0.39, 0.29) is 38.8 Å². The third-order valence-electron chi connectivity index (χ3n) is 11.4. The number of hydrogen-bond donors (Lipinski definition) is 14. The van der Waals surface area contributed by atoms with Gasteiger partial charge < -0.3 is 74.9 Å². The van der Waals surface area contributed by atoms with Crippen molar-refractivity contribution in [2.75, 3.05) is 38.2 Å². The molecule has 2 heterocycles. The highest BCUT2D eigenvalue weighted by Crippen LogP contribution is 2.33. The quantitative estimate of drug-likeness (QED) is 0.0528. The first-order valence-electron chi connectivity index (χ1n) is 22.8. The van der Waals surface area contributed by atoms with E-state index in [1.165, 1.54) is 18.7 Å². The zero-order valence-corrected chi connectivity index (χ0v) is 40.1. The number of carbonyl (C=O) groups excluding carboxylic acids is 8. The molecule has 0 fully saturated rings. The molecular formula is C44H68N12O12S. The van der Waals surface area contributed by atoms with E-state index in [1.54, 1.807) is 44.5 Å². The summed E-state index contributed by atoms with van der Waals surface area (Å²) in [5.74, 6) is -10.5. The van der Waals surface area contributed by atoms with Gasteiger partial charge in [0.1, 0.15) is 36.3 Å². The minimum atomic E-state index is -1.73. The summed E-state index contributed by atoms with van der Waals surface area (Å²) in [7, 11) is 0. The maximum absolute atomic E-state index is 14.5. The van der Waals surface area contributed by atoms with Crippen molar-refractivity contribution in [3.05, 3.63) is 35.5 Å². The van der Waals surface area contributed by atoms with Gasteiger partial charge in [0, 0.05) is 29.4 Å². The van der Waals surface area contributed by atoms with Crippen molar-refractivity contribution in [2.24, 2.45) is 23.1 Å². The van der Waals surface area contributed by atoms with E-state index in [4.69, 9.17) is 17.2 Å². The third-order valence-corrected chi connectivity index (χ3v) is 12.0. The molecule has 0 spiro atoms. The van der Waals surface area contributed by atoms with Gasteiger partial charge >= 0.3 is 11.9 Å². The van der Waals surface area contributed by atoms with Crippen LogP contribution in [0.2, 0.25) is 0 Å². The number of para-hydroxylation sites is 1. The molecule has 25 heteroatoms. The molecule has 17 N–H and O–H groups in total. The number of unbranched alkanes of at least 4 members (excludes halogenated alkanes) is 1. The first kappa shape index (κ1) is 57.0. The zero-order valence-electron chi connectivity index (χ0n) is 39.3. The Labute approximate surface area is 403 Å². The number of aromatic amines is 1. The molecule has 8 atom stereocenters. The highest BCUT2D eigenvalue weighted by Gasteiger charge is 2.36. The number of amides is 8. The van der Waals surface area contributed by atoms with E-state index in [9.17, 15) is 58.2 Å². The summed E-state index contributed by atoms with van der Waals surface area (Å²) in [5.41, 5.74) is 19.1. The van der Waals surface area contributed by atoms with Crippen LogP contribution in [-0.2, 0) is 54.4 Å². The number of benzene rings is 1. The second-order valence-electron chi connectivity index (χ2n) is 17.1. The van der Waals surface area contributed by atoms with Crippen molar-refractivity contribution in [3.8, 4) is 0 Å². The predicted molar refractivity (Wildman–Crippen MR) is 255 cm³/mol. The fourth-order valence-electron chi connectivity index (χ4n) is 7.64. The van der Waals surface area contributed by atoms with Crippen molar-refractivity contribution in [3.63, 3.8) is 0 Å². The van der Waals surface area contributed by atoms with Crippen molar-refractivity contribution in [1.29, 1.82) is 0 Å². The van der Waals surface area contributed by atoms with Crippen LogP contribution in [0.3, 0.4) is 0 Å². The number of nitrogens with two attached hydrogens (primary N) is 3. The van der Waals surface area contributed by atoms with Gasteiger partial charge in [-0.1, -0.05) is 32.0 Å². The number of aromatic nitrogens is 1. The summed E-state index contributed by atoms with van der Waals surface area (Å²) in [6.45, 7) is 3.63. The fraction of sp³-hybridized carbons (Fsp3) is 0.591. The molecule has 1 aliphatic heterocycles. The summed E-state index contributed by atoms with van der Waals surface area (Å²) in [6, 6.07) is -4.19. The molecule has 8 amide bonds. The number of rotatable bonds is 22. The van der Waals surface area contributed by atoms with Gasteiger partial charge in [-0.05, 0) is 87.6 Å². The van der Waals surface area contributed by atoms with Crippen LogP contribution in [-0.4, -0.2) is 155 Å². The molecule has 0 unspecified atom stereocenters. The second kappa shape index (κ2) is 28.2. The summed E-state index contributed by atoms with van der Waals surface area (Å²) < 4.78 is 0. The Bertz CT molecular complexity index is 2150. The number of hydrogen-bond acceptors (Lipinski definition) is 14. The van der Waals surface area contributed by atoms with E-state index >= 15 is 0 Å². The predicted octanol–water partition coefficient (Wildman–Crippen LogP) is -2.87. The average Bonchev–Trinajstić information content (AvgIpc) is 3.71. The number of carboxylic acids is 2. The van der Waals surface area contributed by atoms with Gasteiger partial charge in [-0.15, -0.1) is 0 Å². The lowest BCUT2D eigenvalue weighted by Crippen LogP contribution is -2.59. The van der Waals surface area contributed by atoms with Crippen LogP contribution in [0, 0.1) is 5.92 Å². The summed E-state index contributed by atoms with van der Waals surface area (Å²) in [6.07, 6.45) is 3.80. The first-order chi connectivity index (χ1) is 32.7. The molecule has 24 nitrogen and oxygen atoms in total. The zero-order chi connectivity index (χ0) is 51.4. The van der Waals surface area contributed by atoms with E-state index in [2.05, 4.69) is 47.5 Å². The van der Waals surface area contributed by atoms with Crippen LogP contribution in [0.1, 0.15) is 82.8 Å². The van der Waals surface area contributed by atoms with Crippen molar-refractivity contribution in [2.45, 2.75) is 120 Å². The van der Waals surface area contributed by atoms with Gasteiger partial charge in [0.15, 0.2) is 0 Å². The van der Waals surface area contributed by atoms with Gasteiger partial charge in [-0.25, -0.2) is 4.79 Å². The molecule has 3 rings (SSSR count). The van der Waals surface area contributed by atoms with Crippen LogP contribution in [0.25, 0.3) is 10.9 Å². The molecular weight excluding hydrogens is 921 g/mol. The van der Waals surface area contributed by atoms with Crippen LogP contribution < -0.4 is 59.7 Å². The van der Waals surface area contributed by atoms with E-state index in [1.807, 2.05) is 0 Å². The SMILES string of the molecule is CSCC[C@H](NC(=O)[C@@H](NC(=O)[C@H](CCCCN)NC(=O)[C@@H]1Cc2c[nH]c3c(cccc23)[C@H](CCCN)[C@H](NC(=O)[C@H](C)N)C(=O)NCC(=O)N[C@@H](CC(=O)O)C(=O)NCC(=O)N1)C(C)C)C(=O)O. The molecule has 0 saturated carbocycles. The average molecular weight is 989 g/mol. The second-order valence-corrected chi connectivity index (χ2v) is 18.1. The molecule has 2 aromatic rings. The summed E-state index contributed by atoms with van der Waals surface area (Å²) in [5, 5.41) is 39.9. The van der Waals surface area contributed by atoms with Crippen LogP contribution in [0.4, 0.5) is 0 Å². The van der Waals surface area contributed by atoms with Gasteiger partial charge in [0.2, 0.25) is 47.3 Å².